The second-order valence-electron chi connectivity index (χ2n) is 2.11. The standard InChI is InChI=1S/C8H7BrN2O/c9-8-6(11)2-1-3-7(8)12-5-4-10/h1-3H,5,11H2. The van der Waals surface area contributed by atoms with Crippen LogP contribution in [0.3, 0.4) is 0 Å². The van der Waals surface area contributed by atoms with Gasteiger partial charge >= 0.3 is 0 Å². The van der Waals surface area contributed by atoms with E-state index < -0.39 is 0 Å². The molecule has 1 aromatic rings. The van der Waals surface area contributed by atoms with E-state index in [4.69, 9.17) is 15.7 Å². The molecule has 3 nitrogen and oxygen atoms in total. The monoisotopic (exact) mass is 226 g/mol. The van der Waals surface area contributed by atoms with Crippen molar-refractivity contribution < 1.29 is 4.74 Å². The molecule has 2 N–H and O–H groups in total. The third kappa shape index (κ3) is 1.89. The molecule has 0 saturated carbocycles. The van der Waals surface area contributed by atoms with Gasteiger partial charge in [-0.15, -0.1) is 0 Å². The minimum absolute atomic E-state index is 0.0298. The number of halogens is 1. The average molecular weight is 227 g/mol. The lowest BCUT2D eigenvalue weighted by Gasteiger charge is -2.05. The van der Waals surface area contributed by atoms with Gasteiger partial charge in [-0.2, -0.15) is 5.26 Å². The van der Waals surface area contributed by atoms with E-state index in [1.807, 2.05) is 6.07 Å². The molecule has 0 amide bonds. The summed E-state index contributed by atoms with van der Waals surface area (Å²) in [6.45, 7) is 0.0298. The van der Waals surface area contributed by atoms with E-state index in [0.717, 1.165) is 0 Å². The van der Waals surface area contributed by atoms with Crippen LogP contribution < -0.4 is 10.5 Å². The molecule has 0 unspecified atom stereocenters. The number of nitrogen functional groups attached to an aromatic ring is 1. The summed E-state index contributed by atoms with van der Waals surface area (Å²) in [7, 11) is 0. The molecule has 0 aliphatic heterocycles. The molecular weight excluding hydrogens is 220 g/mol. The molecule has 12 heavy (non-hydrogen) atoms. The van der Waals surface area contributed by atoms with Crippen molar-refractivity contribution in [2.75, 3.05) is 12.3 Å². The van der Waals surface area contributed by atoms with Crippen molar-refractivity contribution in [1.82, 2.24) is 0 Å². The Morgan fingerprint density at radius 3 is 3.00 bits per heavy atom. The molecule has 0 heterocycles. The van der Waals surface area contributed by atoms with Crippen molar-refractivity contribution in [2.45, 2.75) is 0 Å². The van der Waals surface area contributed by atoms with E-state index in [0.29, 0.717) is 15.9 Å². The second kappa shape index (κ2) is 3.98. The van der Waals surface area contributed by atoms with Gasteiger partial charge in [0.2, 0.25) is 0 Å². The Morgan fingerprint density at radius 2 is 2.33 bits per heavy atom. The third-order valence-electron chi connectivity index (χ3n) is 1.29. The molecule has 0 radical (unpaired) electrons. The lowest BCUT2D eigenvalue weighted by molar-refractivity contribution is 0.366. The second-order valence-corrected chi connectivity index (χ2v) is 2.90. The summed E-state index contributed by atoms with van der Waals surface area (Å²) in [5.74, 6) is 0.594. The average Bonchev–Trinajstić information content (AvgIpc) is 2.08. The number of nitrogens with zero attached hydrogens (tertiary/aromatic N) is 1. The van der Waals surface area contributed by atoms with Gasteiger partial charge in [0.05, 0.1) is 4.47 Å². The Morgan fingerprint density at radius 1 is 1.58 bits per heavy atom. The first-order valence-corrected chi connectivity index (χ1v) is 4.08. The fraction of sp³-hybridized carbons (Fsp3) is 0.125. The molecule has 62 valence electrons. The molecule has 1 aromatic carbocycles. The number of benzene rings is 1. The molecule has 0 spiro atoms. The van der Waals surface area contributed by atoms with Gasteiger partial charge in [-0.05, 0) is 28.1 Å². The number of ether oxygens (including phenoxy) is 1. The summed E-state index contributed by atoms with van der Waals surface area (Å²) in [6.07, 6.45) is 0. The van der Waals surface area contributed by atoms with Gasteiger partial charge in [-0.25, -0.2) is 0 Å². The van der Waals surface area contributed by atoms with Crippen LogP contribution in [0.25, 0.3) is 0 Å². The van der Waals surface area contributed by atoms with Crippen LogP contribution in [0.4, 0.5) is 5.69 Å². The Kier molecular flexibility index (Phi) is 2.94. The van der Waals surface area contributed by atoms with Gasteiger partial charge in [-0.1, -0.05) is 6.07 Å². The lowest BCUT2D eigenvalue weighted by atomic mass is 10.3. The highest BCUT2D eigenvalue weighted by atomic mass is 79.9. The number of nitrogens with two attached hydrogens (primary N) is 1. The molecule has 0 bridgehead atoms. The lowest BCUT2D eigenvalue weighted by Crippen LogP contribution is -1.96. The molecule has 0 aliphatic carbocycles. The molecule has 0 saturated heterocycles. The molecular formula is C8H7BrN2O. The predicted octanol–water partition coefficient (Wildman–Crippen LogP) is 1.93. The quantitative estimate of drug-likeness (QED) is 0.785. The molecule has 0 fully saturated rings. The molecule has 4 heteroatoms. The zero-order valence-corrected chi connectivity index (χ0v) is 7.84. The topological polar surface area (TPSA) is 59.0 Å². The van der Waals surface area contributed by atoms with E-state index in [1.165, 1.54) is 0 Å². The Balaban J connectivity index is 2.86. The smallest absolute Gasteiger partial charge is 0.174 e. The number of hydrogen-bond donors (Lipinski definition) is 1. The minimum atomic E-state index is 0.0298. The maximum atomic E-state index is 8.27. The zero-order valence-electron chi connectivity index (χ0n) is 6.25. The Hall–Kier alpha value is -1.21. The van der Waals surface area contributed by atoms with Crippen LogP contribution >= 0.6 is 15.9 Å². The van der Waals surface area contributed by atoms with E-state index in [1.54, 1.807) is 18.2 Å². The van der Waals surface area contributed by atoms with Crippen molar-refractivity contribution >= 4 is 21.6 Å². The van der Waals surface area contributed by atoms with E-state index in [9.17, 15) is 0 Å². The van der Waals surface area contributed by atoms with Gasteiger partial charge in [-0.3, -0.25) is 0 Å². The van der Waals surface area contributed by atoms with Gasteiger partial charge in [0.1, 0.15) is 11.8 Å². The van der Waals surface area contributed by atoms with Crippen molar-refractivity contribution in [3.05, 3.63) is 22.7 Å². The summed E-state index contributed by atoms with van der Waals surface area (Å²) in [4.78, 5) is 0. The maximum absolute atomic E-state index is 8.27. The number of anilines is 1. The summed E-state index contributed by atoms with van der Waals surface area (Å²) in [5, 5.41) is 8.27. The Labute approximate surface area is 78.9 Å². The first-order chi connectivity index (χ1) is 5.75. The highest BCUT2D eigenvalue weighted by Crippen LogP contribution is 2.29. The summed E-state index contributed by atoms with van der Waals surface area (Å²) < 4.78 is 5.77. The van der Waals surface area contributed by atoms with E-state index >= 15 is 0 Å². The number of rotatable bonds is 2. The largest absolute Gasteiger partial charge is 0.477 e. The molecule has 0 aliphatic rings. The number of hydrogen-bond acceptors (Lipinski definition) is 3. The van der Waals surface area contributed by atoms with Crippen LogP contribution in [-0.4, -0.2) is 6.61 Å². The van der Waals surface area contributed by atoms with Crippen molar-refractivity contribution in [3.8, 4) is 11.8 Å². The Bertz CT molecular complexity index is 319. The minimum Gasteiger partial charge on any atom is -0.477 e. The first-order valence-electron chi connectivity index (χ1n) is 3.29. The molecule has 0 atom stereocenters. The van der Waals surface area contributed by atoms with Crippen LogP contribution in [-0.2, 0) is 0 Å². The zero-order chi connectivity index (χ0) is 8.97. The highest BCUT2D eigenvalue weighted by Gasteiger charge is 2.02. The summed E-state index contributed by atoms with van der Waals surface area (Å²) >= 11 is 3.25. The first kappa shape index (κ1) is 8.88. The van der Waals surface area contributed by atoms with Gasteiger partial charge in [0, 0.05) is 5.69 Å². The molecule has 1 rings (SSSR count). The van der Waals surface area contributed by atoms with Crippen LogP contribution in [0.15, 0.2) is 22.7 Å². The summed E-state index contributed by atoms with van der Waals surface area (Å²) in [5.41, 5.74) is 6.18. The fourth-order valence-electron chi connectivity index (χ4n) is 0.749. The van der Waals surface area contributed by atoms with Gasteiger partial charge in [0.15, 0.2) is 6.61 Å². The third-order valence-corrected chi connectivity index (χ3v) is 2.13. The van der Waals surface area contributed by atoms with Crippen molar-refractivity contribution in [3.63, 3.8) is 0 Å². The van der Waals surface area contributed by atoms with E-state index in [2.05, 4.69) is 15.9 Å². The van der Waals surface area contributed by atoms with Gasteiger partial charge in [0.25, 0.3) is 0 Å². The molecule has 0 aromatic heterocycles. The predicted molar refractivity (Wildman–Crippen MR) is 49.7 cm³/mol. The highest BCUT2D eigenvalue weighted by molar-refractivity contribution is 9.10. The number of nitriles is 1. The van der Waals surface area contributed by atoms with Gasteiger partial charge < -0.3 is 10.5 Å². The van der Waals surface area contributed by atoms with Crippen LogP contribution in [0.2, 0.25) is 0 Å². The van der Waals surface area contributed by atoms with Crippen molar-refractivity contribution in [2.24, 2.45) is 0 Å². The summed E-state index contributed by atoms with van der Waals surface area (Å²) in [6, 6.07) is 7.15. The van der Waals surface area contributed by atoms with Crippen LogP contribution in [0, 0.1) is 11.3 Å². The van der Waals surface area contributed by atoms with Crippen LogP contribution in [0.5, 0.6) is 5.75 Å². The van der Waals surface area contributed by atoms with Crippen molar-refractivity contribution in [1.29, 1.82) is 5.26 Å². The normalized spacial score (nSPS) is 9.00. The maximum Gasteiger partial charge on any atom is 0.174 e. The van der Waals surface area contributed by atoms with Crippen LogP contribution in [0.1, 0.15) is 0 Å². The fourth-order valence-corrected chi connectivity index (χ4v) is 1.13. The SMILES string of the molecule is N#CCOc1cccc(N)c1Br. The van der Waals surface area contributed by atoms with E-state index in [-0.39, 0.29) is 6.61 Å².